The van der Waals surface area contributed by atoms with Crippen molar-refractivity contribution in [3.8, 4) is 62.0 Å². The molecule has 0 saturated carbocycles. The minimum absolute atomic E-state index is 0.655. The van der Waals surface area contributed by atoms with Gasteiger partial charge < -0.3 is 8.98 Å². The highest BCUT2D eigenvalue weighted by Gasteiger charge is 2.21. The van der Waals surface area contributed by atoms with Gasteiger partial charge in [-0.2, -0.15) is 0 Å². The average molecular weight is 767 g/mol. The van der Waals surface area contributed by atoms with E-state index in [9.17, 15) is 0 Å². The zero-order valence-corrected chi connectivity index (χ0v) is 32.3. The molecular formula is C55H34N4O. The number of hydrogen-bond acceptors (Lipinski definition) is 4. The normalized spacial score (nSPS) is 11.7. The summed E-state index contributed by atoms with van der Waals surface area (Å²) in [6.45, 7) is 0. The Kier molecular flexibility index (Phi) is 7.78. The number of fused-ring (bicyclic) bond motifs is 8. The van der Waals surface area contributed by atoms with Crippen LogP contribution in [0.5, 0.6) is 0 Å². The van der Waals surface area contributed by atoms with E-state index in [2.05, 4.69) is 168 Å². The molecule has 0 radical (unpaired) electrons. The summed E-state index contributed by atoms with van der Waals surface area (Å²) < 4.78 is 9.12. The van der Waals surface area contributed by atoms with Crippen molar-refractivity contribution in [2.45, 2.75) is 0 Å². The van der Waals surface area contributed by atoms with Crippen molar-refractivity contribution in [2.75, 3.05) is 0 Å². The molecule has 0 aliphatic carbocycles. The van der Waals surface area contributed by atoms with Gasteiger partial charge in [-0.15, -0.1) is 0 Å². The van der Waals surface area contributed by atoms with Gasteiger partial charge in [-0.1, -0.05) is 158 Å². The van der Waals surface area contributed by atoms with E-state index in [1.807, 2.05) is 42.5 Å². The third kappa shape index (κ3) is 5.59. The molecule has 0 unspecified atom stereocenters. The van der Waals surface area contributed by atoms with Gasteiger partial charge in [0.1, 0.15) is 11.3 Å². The molecule has 0 saturated heterocycles. The van der Waals surface area contributed by atoms with Crippen molar-refractivity contribution in [2.24, 2.45) is 0 Å². The molecule has 5 nitrogen and oxygen atoms in total. The summed E-state index contributed by atoms with van der Waals surface area (Å²) in [5, 5.41) is 5.57. The molecule has 4 heterocycles. The van der Waals surface area contributed by atoms with Crippen molar-refractivity contribution < 1.29 is 4.42 Å². The zero-order valence-electron chi connectivity index (χ0n) is 32.3. The lowest BCUT2D eigenvalue weighted by Crippen LogP contribution is -1.99. The molecule has 12 aromatic rings. The number of para-hydroxylation sites is 4. The summed E-state index contributed by atoms with van der Waals surface area (Å²) in [5.74, 6) is 0.655. The molecule has 280 valence electrons. The molecule has 0 bridgehead atoms. The fraction of sp³-hybridized carbons (Fsp3) is 0. The van der Waals surface area contributed by atoms with Gasteiger partial charge in [0.05, 0.1) is 27.9 Å². The first-order valence-electron chi connectivity index (χ1n) is 20.2. The minimum Gasteiger partial charge on any atom is -0.454 e. The number of furan rings is 1. The van der Waals surface area contributed by atoms with E-state index in [1.165, 1.54) is 16.3 Å². The summed E-state index contributed by atoms with van der Waals surface area (Å²) in [6.07, 6.45) is 0. The van der Waals surface area contributed by atoms with Crippen LogP contribution in [0.2, 0.25) is 0 Å². The van der Waals surface area contributed by atoms with Crippen LogP contribution in [-0.4, -0.2) is 19.5 Å². The Morgan fingerprint density at radius 1 is 0.367 bits per heavy atom. The van der Waals surface area contributed by atoms with Gasteiger partial charge in [0, 0.05) is 54.9 Å². The second-order valence-electron chi connectivity index (χ2n) is 15.2. The lowest BCUT2D eigenvalue weighted by Gasteiger charge is -2.15. The van der Waals surface area contributed by atoms with E-state index in [4.69, 9.17) is 19.4 Å². The second-order valence-corrected chi connectivity index (χ2v) is 15.2. The predicted molar refractivity (Wildman–Crippen MR) is 246 cm³/mol. The third-order valence-corrected chi connectivity index (χ3v) is 11.6. The highest BCUT2D eigenvalue weighted by molar-refractivity contribution is 6.21. The van der Waals surface area contributed by atoms with Gasteiger partial charge in [-0.25, -0.2) is 15.0 Å². The molecule has 0 aliphatic heterocycles. The lowest BCUT2D eigenvalue weighted by atomic mass is 9.98. The Morgan fingerprint density at radius 2 is 0.900 bits per heavy atom. The molecule has 0 fully saturated rings. The van der Waals surface area contributed by atoms with Crippen LogP contribution in [0, 0.1) is 0 Å². The van der Waals surface area contributed by atoms with Gasteiger partial charge in [0.2, 0.25) is 0 Å². The van der Waals surface area contributed by atoms with E-state index in [1.54, 1.807) is 0 Å². The lowest BCUT2D eigenvalue weighted by molar-refractivity contribution is 0.669. The van der Waals surface area contributed by atoms with E-state index in [-0.39, 0.29) is 0 Å². The number of rotatable bonds is 6. The number of nitrogens with zero attached hydrogens (tertiary/aromatic N) is 4. The molecule has 5 heteroatoms. The van der Waals surface area contributed by atoms with Crippen LogP contribution in [0.25, 0.3) is 117 Å². The standard InChI is InChI=1S/C55H34N4O/c1-3-15-35(16-4-1)36-27-29-37(30-28-36)47-34-48(58-55(57-47)38-17-5-2-6-18-38)39-31-40(33-41(32-39)59-49-24-12-8-19-42(49)43-20-9-13-25-50(43)59)53-54-52(44-21-7-11-23-46(44)56-53)45-22-10-14-26-51(45)60-54/h1-34H. The van der Waals surface area contributed by atoms with Crippen LogP contribution in [0.4, 0.5) is 0 Å². The van der Waals surface area contributed by atoms with E-state index < -0.39 is 0 Å². The Bertz CT molecular complexity index is 3530. The molecule has 0 atom stereocenters. The van der Waals surface area contributed by atoms with Gasteiger partial charge >= 0.3 is 0 Å². The van der Waals surface area contributed by atoms with Crippen molar-refractivity contribution in [1.82, 2.24) is 19.5 Å². The molecule has 60 heavy (non-hydrogen) atoms. The van der Waals surface area contributed by atoms with Crippen LogP contribution in [0.15, 0.2) is 211 Å². The number of hydrogen-bond donors (Lipinski definition) is 0. The van der Waals surface area contributed by atoms with Crippen molar-refractivity contribution >= 4 is 54.6 Å². The Labute approximate surface area is 345 Å². The van der Waals surface area contributed by atoms with E-state index in [0.717, 1.165) is 94.5 Å². The molecule has 4 aromatic heterocycles. The predicted octanol–water partition coefficient (Wildman–Crippen LogP) is 14.4. The van der Waals surface area contributed by atoms with Crippen LogP contribution >= 0.6 is 0 Å². The molecular weight excluding hydrogens is 733 g/mol. The molecule has 12 rings (SSSR count). The minimum atomic E-state index is 0.655. The number of benzene rings is 8. The van der Waals surface area contributed by atoms with Gasteiger partial charge in [-0.3, -0.25) is 0 Å². The largest absolute Gasteiger partial charge is 0.454 e. The monoisotopic (exact) mass is 766 g/mol. The Hall–Kier alpha value is -8.15. The summed E-state index contributed by atoms with van der Waals surface area (Å²) in [6, 6.07) is 72.0. The first kappa shape index (κ1) is 33.9. The zero-order chi connectivity index (χ0) is 39.6. The fourth-order valence-corrected chi connectivity index (χ4v) is 8.78. The quantitative estimate of drug-likeness (QED) is 0.169. The second kappa shape index (κ2) is 13.8. The Balaban J connectivity index is 1.14. The van der Waals surface area contributed by atoms with E-state index in [0.29, 0.717) is 5.82 Å². The van der Waals surface area contributed by atoms with Crippen molar-refractivity contribution in [1.29, 1.82) is 0 Å². The highest BCUT2D eigenvalue weighted by atomic mass is 16.3. The average Bonchev–Trinajstić information content (AvgIpc) is 3.88. The maximum Gasteiger partial charge on any atom is 0.162 e. The van der Waals surface area contributed by atoms with Gasteiger partial charge in [-0.05, 0) is 59.7 Å². The SMILES string of the molecule is c1ccc(-c2ccc(-c3cc(-c4cc(-c5nc6ccccc6c6c5oc5ccccc56)cc(-n5c6ccccc6c6ccccc65)c4)nc(-c4ccccc4)n3)cc2)cc1. The molecule has 0 amide bonds. The van der Waals surface area contributed by atoms with Crippen LogP contribution in [-0.2, 0) is 0 Å². The highest BCUT2D eigenvalue weighted by Crippen LogP contribution is 2.42. The molecule has 0 aliphatic rings. The van der Waals surface area contributed by atoms with Gasteiger partial charge in [0.15, 0.2) is 11.4 Å². The van der Waals surface area contributed by atoms with Crippen molar-refractivity contribution in [3.63, 3.8) is 0 Å². The smallest absolute Gasteiger partial charge is 0.162 e. The molecule has 0 spiro atoms. The maximum atomic E-state index is 6.76. The number of pyridine rings is 1. The van der Waals surface area contributed by atoms with E-state index >= 15 is 0 Å². The van der Waals surface area contributed by atoms with Crippen LogP contribution in [0.1, 0.15) is 0 Å². The summed E-state index contributed by atoms with van der Waals surface area (Å²) in [4.78, 5) is 15.9. The van der Waals surface area contributed by atoms with Crippen LogP contribution < -0.4 is 0 Å². The van der Waals surface area contributed by atoms with Gasteiger partial charge in [0.25, 0.3) is 0 Å². The molecule has 8 aromatic carbocycles. The summed E-state index contributed by atoms with van der Waals surface area (Å²) in [7, 11) is 0. The number of aromatic nitrogens is 4. The fourth-order valence-electron chi connectivity index (χ4n) is 8.78. The molecule has 0 N–H and O–H groups in total. The maximum absolute atomic E-state index is 6.76. The third-order valence-electron chi connectivity index (χ3n) is 11.6. The van der Waals surface area contributed by atoms with Crippen molar-refractivity contribution in [3.05, 3.63) is 206 Å². The Morgan fingerprint density at radius 3 is 1.62 bits per heavy atom. The van der Waals surface area contributed by atoms with Crippen LogP contribution in [0.3, 0.4) is 0 Å². The first-order chi connectivity index (χ1) is 29.7. The topological polar surface area (TPSA) is 56.7 Å². The summed E-state index contributed by atoms with van der Waals surface area (Å²) in [5.41, 5.74) is 14.3. The summed E-state index contributed by atoms with van der Waals surface area (Å²) >= 11 is 0. The first-order valence-corrected chi connectivity index (χ1v) is 20.2.